The Balaban J connectivity index is 1.44. The van der Waals surface area contributed by atoms with Crippen LogP contribution < -0.4 is 0 Å². The normalized spacial score (nSPS) is 11.7. The van der Waals surface area contributed by atoms with Crippen LogP contribution in [0.25, 0.3) is 86.4 Å². The summed E-state index contributed by atoms with van der Waals surface area (Å²) < 4.78 is 2.37. The second-order valence-corrected chi connectivity index (χ2v) is 12.0. The molecular weight excluding hydrogens is 541 g/mol. The molecule has 0 fully saturated rings. The highest BCUT2D eigenvalue weighted by Gasteiger charge is 2.21. The molecule has 2 heterocycles. The summed E-state index contributed by atoms with van der Waals surface area (Å²) in [7, 11) is 0. The Kier molecular flexibility index (Phi) is 5.40. The van der Waals surface area contributed by atoms with E-state index in [1.807, 2.05) is 11.3 Å². The first kappa shape index (κ1) is 24.2. The Morgan fingerprint density at radius 1 is 0.419 bits per heavy atom. The summed E-state index contributed by atoms with van der Waals surface area (Å²) in [5.41, 5.74) is 6.49. The summed E-state index contributed by atoms with van der Waals surface area (Å²) in [5.74, 6) is 0.751. The predicted octanol–water partition coefficient (Wildman–Crippen LogP) is 11.3. The van der Waals surface area contributed by atoms with Crippen LogP contribution in [0.4, 0.5) is 0 Å². The quantitative estimate of drug-likeness (QED) is 0.199. The van der Waals surface area contributed by atoms with E-state index in [1.54, 1.807) is 0 Å². The first-order valence-corrected chi connectivity index (χ1v) is 15.3. The Morgan fingerprint density at radius 2 is 1.02 bits per heavy atom. The van der Waals surface area contributed by atoms with Crippen LogP contribution in [0.2, 0.25) is 0 Å². The molecule has 0 aliphatic rings. The lowest BCUT2D eigenvalue weighted by molar-refractivity contribution is 1.25. The lowest BCUT2D eigenvalue weighted by atomic mass is 9.97. The monoisotopic (exact) mass is 564 g/mol. The van der Waals surface area contributed by atoms with Crippen molar-refractivity contribution in [2.45, 2.75) is 0 Å². The molecule has 0 radical (unpaired) electrons. The molecule has 200 valence electrons. The Hall–Kier alpha value is -5.38. The minimum atomic E-state index is 0.751. The van der Waals surface area contributed by atoms with Crippen LogP contribution in [-0.4, -0.2) is 9.97 Å². The van der Waals surface area contributed by atoms with Crippen LogP contribution in [0.3, 0.4) is 0 Å². The lowest BCUT2D eigenvalue weighted by Gasteiger charge is -2.11. The van der Waals surface area contributed by atoms with Gasteiger partial charge in [0, 0.05) is 26.6 Å². The molecule has 3 heteroatoms. The highest BCUT2D eigenvalue weighted by Crippen LogP contribution is 2.46. The van der Waals surface area contributed by atoms with Gasteiger partial charge in [-0.2, -0.15) is 0 Å². The van der Waals surface area contributed by atoms with E-state index < -0.39 is 0 Å². The minimum Gasteiger partial charge on any atom is -0.226 e. The number of thiophene rings is 1. The molecule has 0 atom stereocenters. The molecule has 0 N–H and O–H groups in total. The SMILES string of the molecule is c1ccc(-c2cccc(-c3nc(-c4cccc5ccccc45)nc4c3sc3c5ccccc5c5ccccc5c43)c2)cc1. The van der Waals surface area contributed by atoms with Gasteiger partial charge >= 0.3 is 0 Å². The molecule has 0 unspecified atom stereocenters. The molecular formula is C40H24N2S. The molecule has 2 nitrogen and oxygen atoms in total. The summed E-state index contributed by atoms with van der Waals surface area (Å²) in [6.45, 7) is 0. The van der Waals surface area contributed by atoms with Gasteiger partial charge in [-0.3, -0.25) is 0 Å². The fourth-order valence-corrected chi connectivity index (χ4v) is 7.79. The maximum Gasteiger partial charge on any atom is 0.161 e. The summed E-state index contributed by atoms with van der Waals surface area (Å²) in [5, 5.41) is 8.56. The molecule has 0 saturated heterocycles. The Morgan fingerprint density at radius 3 is 1.86 bits per heavy atom. The van der Waals surface area contributed by atoms with Gasteiger partial charge in [0.05, 0.1) is 15.9 Å². The van der Waals surface area contributed by atoms with E-state index in [2.05, 4.69) is 146 Å². The fraction of sp³-hybridized carbons (Fsp3) is 0. The van der Waals surface area contributed by atoms with Crippen molar-refractivity contribution in [3.63, 3.8) is 0 Å². The standard InChI is InChI=1S/C40H24N2S/c1-2-12-25(13-3-1)27-16-10-17-28(24-27)36-39-37(42-40(41-36)34-23-11-15-26-14-4-5-18-29(26)34)35-32-21-8-6-19-30(32)31-20-7-9-22-33(31)38(35)43-39/h1-24H. The van der Waals surface area contributed by atoms with Crippen LogP contribution in [0.15, 0.2) is 146 Å². The van der Waals surface area contributed by atoms with Gasteiger partial charge in [-0.25, -0.2) is 9.97 Å². The summed E-state index contributed by atoms with van der Waals surface area (Å²) in [4.78, 5) is 10.8. The number of hydrogen-bond donors (Lipinski definition) is 0. The average Bonchev–Trinajstić information content (AvgIpc) is 3.48. The summed E-state index contributed by atoms with van der Waals surface area (Å²) in [6, 6.07) is 51.7. The maximum absolute atomic E-state index is 5.41. The molecule has 0 spiro atoms. The third kappa shape index (κ3) is 3.79. The van der Waals surface area contributed by atoms with E-state index in [0.717, 1.165) is 38.2 Å². The molecule has 0 bridgehead atoms. The van der Waals surface area contributed by atoms with Crippen LogP contribution in [0.5, 0.6) is 0 Å². The number of rotatable bonds is 3. The predicted molar refractivity (Wildman–Crippen MR) is 184 cm³/mol. The number of nitrogens with zero attached hydrogens (tertiary/aromatic N) is 2. The largest absolute Gasteiger partial charge is 0.226 e. The second kappa shape index (κ2) is 9.59. The number of aromatic nitrogens is 2. The zero-order valence-corrected chi connectivity index (χ0v) is 24.0. The van der Waals surface area contributed by atoms with Gasteiger partial charge in [0.2, 0.25) is 0 Å². The van der Waals surface area contributed by atoms with Crippen molar-refractivity contribution in [1.82, 2.24) is 9.97 Å². The molecule has 43 heavy (non-hydrogen) atoms. The van der Waals surface area contributed by atoms with Crippen LogP contribution in [0.1, 0.15) is 0 Å². The molecule has 0 aliphatic heterocycles. The molecule has 0 aliphatic carbocycles. The molecule has 7 aromatic carbocycles. The van der Waals surface area contributed by atoms with E-state index in [1.165, 1.54) is 48.1 Å². The van der Waals surface area contributed by atoms with Crippen molar-refractivity contribution >= 4 is 64.0 Å². The highest BCUT2D eigenvalue weighted by atomic mass is 32.1. The zero-order chi connectivity index (χ0) is 28.3. The summed E-state index contributed by atoms with van der Waals surface area (Å²) in [6.07, 6.45) is 0. The van der Waals surface area contributed by atoms with Crippen molar-refractivity contribution < 1.29 is 0 Å². The third-order valence-corrected chi connectivity index (χ3v) is 9.68. The van der Waals surface area contributed by atoms with Crippen molar-refractivity contribution in [3.05, 3.63) is 146 Å². The lowest BCUT2D eigenvalue weighted by Crippen LogP contribution is -1.95. The van der Waals surface area contributed by atoms with Crippen LogP contribution in [0, 0.1) is 0 Å². The highest BCUT2D eigenvalue weighted by molar-refractivity contribution is 7.27. The van der Waals surface area contributed by atoms with Gasteiger partial charge in [0.15, 0.2) is 5.82 Å². The second-order valence-electron chi connectivity index (χ2n) is 10.9. The minimum absolute atomic E-state index is 0.751. The van der Waals surface area contributed by atoms with Gasteiger partial charge < -0.3 is 0 Å². The Labute approximate surface area is 252 Å². The topological polar surface area (TPSA) is 25.8 Å². The number of benzene rings is 7. The molecule has 0 amide bonds. The van der Waals surface area contributed by atoms with E-state index in [-0.39, 0.29) is 0 Å². The van der Waals surface area contributed by atoms with E-state index in [4.69, 9.17) is 9.97 Å². The molecule has 2 aromatic heterocycles. The number of fused-ring (bicyclic) bond motifs is 9. The van der Waals surface area contributed by atoms with Crippen molar-refractivity contribution in [2.24, 2.45) is 0 Å². The van der Waals surface area contributed by atoms with Gasteiger partial charge in [-0.1, -0.05) is 140 Å². The summed E-state index contributed by atoms with van der Waals surface area (Å²) >= 11 is 1.81. The van der Waals surface area contributed by atoms with Crippen molar-refractivity contribution in [2.75, 3.05) is 0 Å². The van der Waals surface area contributed by atoms with Gasteiger partial charge in [-0.15, -0.1) is 11.3 Å². The molecule has 9 rings (SSSR count). The third-order valence-electron chi connectivity index (χ3n) is 8.47. The average molecular weight is 565 g/mol. The van der Waals surface area contributed by atoms with E-state index in [0.29, 0.717) is 0 Å². The van der Waals surface area contributed by atoms with Crippen molar-refractivity contribution in [1.29, 1.82) is 0 Å². The first-order valence-electron chi connectivity index (χ1n) is 14.5. The van der Waals surface area contributed by atoms with Gasteiger partial charge in [-0.05, 0) is 44.1 Å². The van der Waals surface area contributed by atoms with Gasteiger partial charge in [0.1, 0.15) is 0 Å². The van der Waals surface area contributed by atoms with Crippen LogP contribution in [-0.2, 0) is 0 Å². The zero-order valence-electron chi connectivity index (χ0n) is 23.2. The number of hydrogen-bond acceptors (Lipinski definition) is 3. The molecule has 9 aromatic rings. The maximum atomic E-state index is 5.41. The van der Waals surface area contributed by atoms with Crippen molar-refractivity contribution in [3.8, 4) is 33.8 Å². The Bertz CT molecular complexity index is 2500. The van der Waals surface area contributed by atoms with Crippen LogP contribution >= 0.6 is 11.3 Å². The first-order chi connectivity index (χ1) is 21.3. The smallest absolute Gasteiger partial charge is 0.161 e. The van der Waals surface area contributed by atoms with E-state index >= 15 is 0 Å². The fourth-order valence-electron chi connectivity index (χ4n) is 6.48. The van der Waals surface area contributed by atoms with E-state index in [9.17, 15) is 0 Å². The van der Waals surface area contributed by atoms with Gasteiger partial charge in [0.25, 0.3) is 0 Å². The molecule has 0 saturated carbocycles.